The molecule has 0 aromatic heterocycles. The molecule has 0 unspecified atom stereocenters. The Hall–Kier alpha value is -2.79. The summed E-state index contributed by atoms with van der Waals surface area (Å²) in [5.74, 6) is -0.249. The van der Waals surface area contributed by atoms with Crippen molar-refractivity contribution in [1.29, 1.82) is 0 Å². The Morgan fingerprint density at radius 1 is 1.00 bits per heavy atom. The second-order valence-corrected chi connectivity index (χ2v) is 10.4. The maximum absolute atomic E-state index is 12.6. The third-order valence-corrected chi connectivity index (χ3v) is 6.44. The summed E-state index contributed by atoms with van der Waals surface area (Å²) in [6, 6.07) is 12.8. The van der Waals surface area contributed by atoms with Crippen LogP contribution in [-0.2, 0) is 24.8 Å². The highest BCUT2D eigenvalue weighted by molar-refractivity contribution is 7.92. The fourth-order valence-electron chi connectivity index (χ4n) is 2.62. The van der Waals surface area contributed by atoms with E-state index in [4.69, 9.17) is 4.74 Å². The molecule has 0 heterocycles. The summed E-state index contributed by atoms with van der Waals surface area (Å²) in [5, 5.41) is 2.61. The second-order valence-electron chi connectivity index (χ2n) is 6.50. The first-order valence-electron chi connectivity index (χ1n) is 8.97. The molecular formula is C19H25N3O6S2. The maximum Gasteiger partial charge on any atom is 0.245 e. The number of anilines is 3. The molecule has 0 aliphatic heterocycles. The van der Waals surface area contributed by atoms with Crippen LogP contribution >= 0.6 is 0 Å². The van der Waals surface area contributed by atoms with Crippen LogP contribution in [0, 0.1) is 0 Å². The molecule has 0 aliphatic rings. The highest BCUT2D eigenvalue weighted by Crippen LogP contribution is 2.30. The number of carbonyl (C=O) groups is 1. The minimum atomic E-state index is -3.78. The van der Waals surface area contributed by atoms with Gasteiger partial charge in [-0.3, -0.25) is 13.4 Å². The quantitative estimate of drug-likeness (QED) is 0.618. The minimum Gasteiger partial charge on any atom is -0.492 e. The van der Waals surface area contributed by atoms with E-state index >= 15 is 0 Å². The topological polar surface area (TPSA) is 113 Å². The lowest BCUT2D eigenvalue weighted by Crippen LogP contribution is -2.37. The number of amides is 1. The van der Waals surface area contributed by atoms with Crippen molar-refractivity contribution in [1.82, 2.24) is 0 Å². The number of nitrogens with zero attached hydrogens (tertiary/aromatic N) is 2. The first-order valence-corrected chi connectivity index (χ1v) is 12.7. The van der Waals surface area contributed by atoms with Gasteiger partial charge in [0.25, 0.3) is 0 Å². The number of benzene rings is 2. The monoisotopic (exact) mass is 455 g/mol. The fourth-order valence-corrected chi connectivity index (χ4v) is 3.98. The minimum absolute atomic E-state index is 0.252. The van der Waals surface area contributed by atoms with E-state index < -0.39 is 32.5 Å². The number of sulfonamides is 2. The highest BCUT2D eigenvalue weighted by Gasteiger charge is 2.24. The number of nitrogens with one attached hydrogen (secondary N) is 1. The van der Waals surface area contributed by atoms with Crippen LogP contribution in [0.25, 0.3) is 0 Å². The number of rotatable bonds is 9. The zero-order valence-electron chi connectivity index (χ0n) is 17.2. The first-order chi connectivity index (χ1) is 13.9. The molecule has 0 bridgehead atoms. The Morgan fingerprint density at radius 3 is 2.27 bits per heavy atom. The van der Waals surface area contributed by atoms with Crippen molar-refractivity contribution < 1.29 is 26.4 Å². The van der Waals surface area contributed by atoms with Gasteiger partial charge in [-0.2, -0.15) is 0 Å². The van der Waals surface area contributed by atoms with E-state index in [1.807, 2.05) is 0 Å². The molecule has 9 nitrogen and oxygen atoms in total. The van der Waals surface area contributed by atoms with Crippen LogP contribution in [0.1, 0.15) is 6.92 Å². The molecular weight excluding hydrogens is 430 g/mol. The van der Waals surface area contributed by atoms with Crippen LogP contribution in [0.15, 0.2) is 48.5 Å². The molecule has 0 saturated carbocycles. The molecule has 1 N–H and O–H groups in total. The van der Waals surface area contributed by atoms with E-state index in [2.05, 4.69) is 5.32 Å². The average Bonchev–Trinajstić information content (AvgIpc) is 2.65. The molecule has 0 spiro atoms. The van der Waals surface area contributed by atoms with Crippen molar-refractivity contribution in [3.63, 3.8) is 0 Å². The zero-order valence-corrected chi connectivity index (χ0v) is 18.8. The second kappa shape index (κ2) is 9.35. The molecule has 164 valence electrons. The highest BCUT2D eigenvalue weighted by atomic mass is 32.2. The van der Waals surface area contributed by atoms with E-state index in [0.717, 1.165) is 21.1 Å². The molecule has 2 aromatic carbocycles. The molecule has 0 aliphatic carbocycles. The van der Waals surface area contributed by atoms with E-state index in [9.17, 15) is 21.6 Å². The van der Waals surface area contributed by atoms with E-state index in [-0.39, 0.29) is 5.69 Å². The van der Waals surface area contributed by atoms with Gasteiger partial charge in [0.05, 0.1) is 30.5 Å². The number of para-hydroxylation sites is 2. The van der Waals surface area contributed by atoms with E-state index in [1.165, 1.54) is 13.1 Å². The molecule has 2 aromatic rings. The Labute approximate surface area is 177 Å². The Morgan fingerprint density at radius 2 is 1.67 bits per heavy atom. The van der Waals surface area contributed by atoms with E-state index in [0.29, 0.717) is 23.7 Å². The van der Waals surface area contributed by atoms with Crippen LogP contribution in [0.5, 0.6) is 5.75 Å². The predicted octanol–water partition coefficient (Wildman–Crippen LogP) is 1.89. The summed E-state index contributed by atoms with van der Waals surface area (Å²) < 4.78 is 55.6. The Balaban J connectivity index is 2.27. The SMILES string of the molecule is CCOc1ccccc1N(CC(=O)Nc1cccc(N(C)S(C)(=O)=O)c1)S(C)(=O)=O. The van der Waals surface area contributed by atoms with Gasteiger partial charge in [0, 0.05) is 12.7 Å². The van der Waals surface area contributed by atoms with E-state index in [1.54, 1.807) is 49.4 Å². The molecule has 2 rings (SSSR count). The van der Waals surface area contributed by atoms with Crippen LogP contribution in [0.4, 0.5) is 17.1 Å². The maximum atomic E-state index is 12.6. The van der Waals surface area contributed by atoms with Crippen molar-refractivity contribution in [2.24, 2.45) is 0 Å². The van der Waals surface area contributed by atoms with Gasteiger partial charge in [0.15, 0.2) is 0 Å². The summed E-state index contributed by atoms with van der Waals surface area (Å²) in [5.41, 5.74) is 0.944. The van der Waals surface area contributed by atoms with Gasteiger partial charge >= 0.3 is 0 Å². The zero-order chi connectivity index (χ0) is 22.5. The van der Waals surface area contributed by atoms with Gasteiger partial charge in [-0.25, -0.2) is 16.8 Å². The summed E-state index contributed by atoms with van der Waals surface area (Å²) >= 11 is 0. The van der Waals surface area contributed by atoms with Crippen molar-refractivity contribution in [3.8, 4) is 5.75 Å². The summed E-state index contributed by atoms with van der Waals surface area (Å²) in [7, 11) is -5.85. The summed E-state index contributed by atoms with van der Waals surface area (Å²) in [4.78, 5) is 12.6. The molecule has 0 atom stereocenters. The molecule has 0 saturated heterocycles. The van der Waals surface area contributed by atoms with Crippen LogP contribution in [0.3, 0.4) is 0 Å². The molecule has 0 fully saturated rings. The standard InChI is InChI=1S/C19H25N3O6S2/c1-5-28-18-12-7-6-11-17(18)22(30(4,26)27)14-19(23)20-15-9-8-10-16(13-15)21(2)29(3,24)25/h6-13H,5,14H2,1-4H3,(H,20,23). The number of ether oxygens (including phenoxy) is 1. The summed E-state index contributed by atoms with van der Waals surface area (Å²) in [6.07, 6.45) is 2.07. The molecule has 30 heavy (non-hydrogen) atoms. The van der Waals surface area contributed by atoms with Gasteiger partial charge in [0.2, 0.25) is 26.0 Å². The number of hydrogen-bond acceptors (Lipinski definition) is 6. The predicted molar refractivity (Wildman–Crippen MR) is 118 cm³/mol. The van der Waals surface area contributed by atoms with Crippen molar-refractivity contribution in [2.75, 3.05) is 46.6 Å². The van der Waals surface area contributed by atoms with Gasteiger partial charge in [-0.05, 0) is 37.3 Å². The largest absolute Gasteiger partial charge is 0.492 e. The lowest BCUT2D eigenvalue weighted by Gasteiger charge is -2.24. The third-order valence-electron chi connectivity index (χ3n) is 4.11. The Kier molecular flexibility index (Phi) is 7.32. The lowest BCUT2D eigenvalue weighted by atomic mass is 10.2. The average molecular weight is 456 g/mol. The lowest BCUT2D eigenvalue weighted by molar-refractivity contribution is -0.114. The smallest absolute Gasteiger partial charge is 0.245 e. The third kappa shape index (κ3) is 6.10. The first kappa shape index (κ1) is 23.5. The molecule has 1 amide bonds. The van der Waals surface area contributed by atoms with Crippen molar-refractivity contribution in [2.45, 2.75) is 6.92 Å². The van der Waals surface area contributed by atoms with Gasteiger partial charge in [-0.1, -0.05) is 18.2 Å². The summed E-state index contributed by atoms with van der Waals surface area (Å²) in [6.45, 7) is 1.63. The number of hydrogen-bond donors (Lipinski definition) is 1. The van der Waals surface area contributed by atoms with Gasteiger partial charge < -0.3 is 10.1 Å². The molecule has 0 radical (unpaired) electrons. The van der Waals surface area contributed by atoms with Crippen molar-refractivity contribution in [3.05, 3.63) is 48.5 Å². The van der Waals surface area contributed by atoms with Crippen molar-refractivity contribution >= 4 is 43.0 Å². The molecule has 11 heteroatoms. The van der Waals surface area contributed by atoms with Crippen LogP contribution in [-0.4, -0.2) is 55.5 Å². The van der Waals surface area contributed by atoms with Gasteiger partial charge in [0.1, 0.15) is 12.3 Å². The van der Waals surface area contributed by atoms with Crippen LogP contribution in [0.2, 0.25) is 0 Å². The normalized spacial score (nSPS) is 11.6. The Bertz CT molecular complexity index is 1120. The number of carbonyl (C=O) groups excluding carboxylic acids is 1. The fraction of sp³-hybridized carbons (Fsp3) is 0.316. The van der Waals surface area contributed by atoms with Gasteiger partial charge in [-0.15, -0.1) is 0 Å². The van der Waals surface area contributed by atoms with Crippen LogP contribution < -0.4 is 18.7 Å².